The molecule has 0 heterocycles. The number of nitrogens with one attached hydrogen (secondary N) is 1. The molecule has 0 bridgehead atoms. The molecule has 6 heteroatoms. The van der Waals surface area contributed by atoms with E-state index in [2.05, 4.69) is 10.2 Å². The van der Waals surface area contributed by atoms with Crippen molar-refractivity contribution in [2.75, 3.05) is 44.9 Å². The SMILES string of the molecule is COCCN(C)CCCC(=O)Nc1ccc(F)c(N)c1. The second-order valence-corrected chi connectivity index (χ2v) is 4.68. The van der Waals surface area contributed by atoms with Gasteiger partial charge in [0.05, 0.1) is 12.3 Å². The van der Waals surface area contributed by atoms with Crippen LogP contribution in [0.2, 0.25) is 0 Å². The molecule has 0 aromatic heterocycles. The van der Waals surface area contributed by atoms with E-state index >= 15 is 0 Å². The van der Waals surface area contributed by atoms with Crippen LogP contribution in [0.15, 0.2) is 18.2 Å². The lowest BCUT2D eigenvalue weighted by Crippen LogP contribution is -2.25. The molecule has 1 aromatic rings. The highest BCUT2D eigenvalue weighted by molar-refractivity contribution is 5.91. The lowest BCUT2D eigenvalue weighted by Gasteiger charge is -2.15. The molecule has 0 atom stereocenters. The first-order chi connectivity index (χ1) is 9.52. The molecule has 0 aliphatic heterocycles. The Morgan fingerprint density at radius 1 is 1.45 bits per heavy atom. The Bertz CT molecular complexity index is 440. The molecule has 0 saturated carbocycles. The molecule has 0 unspecified atom stereocenters. The first kappa shape index (κ1) is 16.4. The Hall–Kier alpha value is -1.66. The molecule has 0 fully saturated rings. The summed E-state index contributed by atoms with van der Waals surface area (Å²) in [6.45, 7) is 2.34. The summed E-state index contributed by atoms with van der Waals surface area (Å²) >= 11 is 0. The minimum atomic E-state index is -0.484. The zero-order valence-corrected chi connectivity index (χ0v) is 12.0. The predicted molar refractivity (Wildman–Crippen MR) is 78.0 cm³/mol. The number of carbonyl (C=O) groups is 1. The highest BCUT2D eigenvalue weighted by Crippen LogP contribution is 2.16. The Labute approximate surface area is 118 Å². The average Bonchev–Trinajstić information content (AvgIpc) is 2.40. The van der Waals surface area contributed by atoms with Gasteiger partial charge in [0.25, 0.3) is 0 Å². The number of benzene rings is 1. The van der Waals surface area contributed by atoms with E-state index in [4.69, 9.17) is 10.5 Å². The predicted octanol–water partition coefficient (Wildman–Crippen LogP) is 1.70. The van der Waals surface area contributed by atoms with Gasteiger partial charge in [0, 0.05) is 25.8 Å². The van der Waals surface area contributed by atoms with Gasteiger partial charge in [-0.3, -0.25) is 4.79 Å². The van der Waals surface area contributed by atoms with Gasteiger partial charge in [0.15, 0.2) is 0 Å². The number of rotatable bonds is 8. The number of nitrogens with zero attached hydrogens (tertiary/aromatic N) is 1. The highest BCUT2D eigenvalue weighted by atomic mass is 19.1. The molecule has 0 aliphatic carbocycles. The van der Waals surface area contributed by atoms with Crippen LogP contribution in [0.3, 0.4) is 0 Å². The number of nitrogens with two attached hydrogens (primary N) is 1. The van der Waals surface area contributed by atoms with Crippen LogP contribution in [0, 0.1) is 5.82 Å². The molecule has 1 aromatic carbocycles. The van der Waals surface area contributed by atoms with Gasteiger partial charge >= 0.3 is 0 Å². The van der Waals surface area contributed by atoms with Crippen molar-refractivity contribution in [1.82, 2.24) is 4.90 Å². The van der Waals surface area contributed by atoms with Crippen LogP contribution in [0.25, 0.3) is 0 Å². The van der Waals surface area contributed by atoms with E-state index in [1.165, 1.54) is 18.2 Å². The van der Waals surface area contributed by atoms with Gasteiger partial charge in [-0.05, 0) is 38.2 Å². The minimum absolute atomic E-state index is 0.0297. The summed E-state index contributed by atoms with van der Waals surface area (Å²) in [5.74, 6) is -0.584. The lowest BCUT2D eigenvalue weighted by atomic mass is 10.2. The fraction of sp³-hybridized carbons (Fsp3) is 0.500. The van der Waals surface area contributed by atoms with E-state index in [-0.39, 0.29) is 11.6 Å². The molecule has 5 nitrogen and oxygen atoms in total. The van der Waals surface area contributed by atoms with Crippen LogP contribution in [0.4, 0.5) is 15.8 Å². The van der Waals surface area contributed by atoms with E-state index in [0.29, 0.717) is 18.7 Å². The number of ether oxygens (including phenoxy) is 1. The molecule has 0 radical (unpaired) electrons. The zero-order chi connectivity index (χ0) is 15.0. The van der Waals surface area contributed by atoms with Crippen LogP contribution in [0.5, 0.6) is 0 Å². The quantitative estimate of drug-likeness (QED) is 0.713. The molecule has 0 spiro atoms. The third-order valence-electron chi connectivity index (χ3n) is 2.90. The maximum Gasteiger partial charge on any atom is 0.224 e. The molecule has 20 heavy (non-hydrogen) atoms. The number of hydrogen-bond donors (Lipinski definition) is 2. The van der Waals surface area contributed by atoms with Crippen LogP contribution in [0.1, 0.15) is 12.8 Å². The molecule has 3 N–H and O–H groups in total. The smallest absolute Gasteiger partial charge is 0.224 e. The minimum Gasteiger partial charge on any atom is -0.396 e. The van der Waals surface area contributed by atoms with E-state index in [1.807, 2.05) is 7.05 Å². The van der Waals surface area contributed by atoms with Crippen molar-refractivity contribution in [3.63, 3.8) is 0 Å². The van der Waals surface area contributed by atoms with Crippen LogP contribution >= 0.6 is 0 Å². The summed E-state index contributed by atoms with van der Waals surface area (Å²) in [5.41, 5.74) is 5.98. The standard InChI is InChI=1S/C14H22FN3O2/c1-18(8-9-20-2)7-3-4-14(19)17-11-5-6-12(15)13(16)10-11/h5-6,10H,3-4,7-9,16H2,1-2H3,(H,17,19). The van der Waals surface area contributed by atoms with Gasteiger partial charge in [0.1, 0.15) is 5.82 Å². The molecule has 0 saturated heterocycles. The summed E-state index contributed by atoms with van der Waals surface area (Å²) < 4.78 is 18.0. The van der Waals surface area contributed by atoms with Crippen LogP contribution in [-0.2, 0) is 9.53 Å². The van der Waals surface area contributed by atoms with Crippen molar-refractivity contribution in [1.29, 1.82) is 0 Å². The number of anilines is 2. The number of carbonyl (C=O) groups excluding carboxylic acids is 1. The van der Waals surface area contributed by atoms with Crippen molar-refractivity contribution in [3.8, 4) is 0 Å². The molecule has 1 amide bonds. The van der Waals surface area contributed by atoms with Gasteiger partial charge in [-0.15, -0.1) is 0 Å². The molecular weight excluding hydrogens is 261 g/mol. The van der Waals surface area contributed by atoms with Crippen molar-refractivity contribution >= 4 is 17.3 Å². The number of nitrogen functional groups attached to an aromatic ring is 1. The highest BCUT2D eigenvalue weighted by Gasteiger charge is 2.05. The van der Waals surface area contributed by atoms with Crippen molar-refractivity contribution in [3.05, 3.63) is 24.0 Å². The van der Waals surface area contributed by atoms with E-state index < -0.39 is 5.82 Å². The third kappa shape index (κ3) is 5.99. The Kier molecular flexibility index (Phi) is 6.97. The number of likely N-dealkylation sites (N-methyl/N-ethyl adjacent to an activating group) is 1. The number of halogens is 1. The lowest BCUT2D eigenvalue weighted by molar-refractivity contribution is -0.116. The Morgan fingerprint density at radius 3 is 2.85 bits per heavy atom. The normalized spacial score (nSPS) is 10.8. The summed E-state index contributed by atoms with van der Waals surface area (Å²) in [7, 11) is 3.65. The van der Waals surface area contributed by atoms with E-state index in [0.717, 1.165) is 19.5 Å². The van der Waals surface area contributed by atoms with Crippen molar-refractivity contribution in [2.45, 2.75) is 12.8 Å². The fourth-order valence-electron chi connectivity index (χ4n) is 1.71. The summed E-state index contributed by atoms with van der Waals surface area (Å²) in [6, 6.07) is 4.15. The summed E-state index contributed by atoms with van der Waals surface area (Å²) in [4.78, 5) is 13.8. The van der Waals surface area contributed by atoms with Crippen LogP contribution < -0.4 is 11.1 Å². The molecule has 1 rings (SSSR count). The maximum atomic E-state index is 13.0. The van der Waals surface area contributed by atoms with E-state index in [9.17, 15) is 9.18 Å². The van der Waals surface area contributed by atoms with Gasteiger partial charge in [-0.25, -0.2) is 4.39 Å². The second-order valence-electron chi connectivity index (χ2n) is 4.68. The van der Waals surface area contributed by atoms with Crippen LogP contribution in [-0.4, -0.2) is 44.7 Å². The van der Waals surface area contributed by atoms with Gasteiger partial charge in [-0.2, -0.15) is 0 Å². The van der Waals surface area contributed by atoms with Crippen molar-refractivity contribution in [2.24, 2.45) is 0 Å². The fourth-order valence-corrected chi connectivity index (χ4v) is 1.71. The van der Waals surface area contributed by atoms with E-state index in [1.54, 1.807) is 7.11 Å². The number of amides is 1. The van der Waals surface area contributed by atoms with Gasteiger partial charge < -0.3 is 20.7 Å². The Morgan fingerprint density at radius 2 is 2.20 bits per heavy atom. The molecule has 0 aliphatic rings. The second kappa shape index (κ2) is 8.50. The molecular formula is C14H22FN3O2. The molecule has 112 valence electrons. The van der Waals surface area contributed by atoms with Gasteiger partial charge in [0.2, 0.25) is 5.91 Å². The summed E-state index contributed by atoms with van der Waals surface area (Å²) in [6.07, 6.45) is 1.16. The third-order valence-corrected chi connectivity index (χ3v) is 2.90. The largest absolute Gasteiger partial charge is 0.396 e. The summed E-state index contributed by atoms with van der Waals surface area (Å²) in [5, 5.41) is 2.70. The zero-order valence-electron chi connectivity index (χ0n) is 12.0. The van der Waals surface area contributed by atoms with Gasteiger partial charge in [-0.1, -0.05) is 0 Å². The number of methoxy groups -OCH3 is 1. The first-order valence-electron chi connectivity index (χ1n) is 6.55. The topological polar surface area (TPSA) is 67.6 Å². The monoisotopic (exact) mass is 283 g/mol. The first-order valence-corrected chi connectivity index (χ1v) is 6.55. The number of hydrogen-bond acceptors (Lipinski definition) is 4. The average molecular weight is 283 g/mol. The Balaban J connectivity index is 2.28. The van der Waals surface area contributed by atoms with Crippen molar-refractivity contribution < 1.29 is 13.9 Å². The maximum absolute atomic E-state index is 13.0.